The number of rotatable bonds is 5. The summed E-state index contributed by atoms with van der Waals surface area (Å²) in [7, 11) is 0. The monoisotopic (exact) mass is 260 g/mol. The maximum absolute atomic E-state index is 12.3. The third kappa shape index (κ3) is 2.84. The Labute approximate surface area is 113 Å². The number of benzene rings is 1. The van der Waals surface area contributed by atoms with Crippen LogP contribution >= 0.6 is 0 Å². The van der Waals surface area contributed by atoms with Crippen LogP contribution in [0.3, 0.4) is 0 Å². The first-order chi connectivity index (χ1) is 9.17. The summed E-state index contributed by atoms with van der Waals surface area (Å²) in [6, 6.07) is 9.02. The molecule has 4 nitrogen and oxygen atoms in total. The molecule has 0 spiro atoms. The van der Waals surface area contributed by atoms with Crippen LogP contribution in [0.5, 0.6) is 0 Å². The lowest BCUT2D eigenvalue weighted by atomic mass is 10.1. The lowest BCUT2D eigenvalue weighted by Crippen LogP contribution is -2.43. The summed E-state index contributed by atoms with van der Waals surface area (Å²) in [6.07, 6.45) is 2.17. The summed E-state index contributed by atoms with van der Waals surface area (Å²) < 4.78 is 0. The van der Waals surface area contributed by atoms with E-state index in [0.29, 0.717) is 5.69 Å². The number of nitrogens with zero attached hydrogens (tertiary/aromatic N) is 1. The Hall–Kier alpha value is -1.68. The van der Waals surface area contributed by atoms with Crippen LogP contribution in [0.4, 0.5) is 5.69 Å². The Morgan fingerprint density at radius 1 is 1.21 bits per heavy atom. The zero-order chi connectivity index (χ0) is 13.8. The van der Waals surface area contributed by atoms with Gasteiger partial charge in [0.05, 0.1) is 18.2 Å². The lowest BCUT2D eigenvalue weighted by molar-refractivity contribution is -0.121. The first-order valence-electron chi connectivity index (χ1n) is 6.85. The number of carbonyl (C=O) groups is 2. The van der Waals surface area contributed by atoms with E-state index in [4.69, 9.17) is 0 Å². The van der Waals surface area contributed by atoms with E-state index in [1.165, 1.54) is 4.90 Å². The lowest BCUT2D eigenvalue weighted by Gasteiger charge is -2.19. The topological polar surface area (TPSA) is 49.4 Å². The highest BCUT2D eigenvalue weighted by molar-refractivity contribution is 6.22. The van der Waals surface area contributed by atoms with Gasteiger partial charge in [0.1, 0.15) is 0 Å². The highest BCUT2D eigenvalue weighted by Crippen LogP contribution is 2.22. The minimum Gasteiger partial charge on any atom is -0.303 e. The first-order valence-corrected chi connectivity index (χ1v) is 6.85. The first kappa shape index (κ1) is 13.7. The van der Waals surface area contributed by atoms with Crippen molar-refractivity contribution in [3.63, 3.8) is 0 Å². The van der Waals surface area contributed by atoms with Gasteiger partial charge >= 0.3 is 0 Å². The molecule has 1 aliphatic heterocycles. The van der Waals surface area contributed by atoms with Gasteiger partial charge in [-0.3, -0.25) is 9.59 Å². The van der Waals surface area contributed by atoms with Crippen molar-refractivity contribution in [2.75, 3.05) is 4.90 Å². The van der Waals surface area contributed by atoms with Crippen molar-refractivity contribution < 1.29 is 9.59 Å². The number of para-hydroxylation sites is 1. The zero-order valence-electron chi connectivity index (χ0n) is 11.4. The Bertz CT molecular complexity index is 454. The Morgan fingerprint density at radius 2 is 1.84 bits per heavy atom. The third-order valence-corrected chi connectivity index (χ3v) is 3.58. The molecule has 1 aliphatic rings. The summed E-state index contributed by atoms with van der Waals surface area (Å²) in [6.45, 7) is 4.16. The second-order valence-electron chi connectivity index (χ2n) is 4.84. The highest BCUT2D eigenvalue weighted by atomic mass is 16.2. The molecule has 1 atom stereocenters. The molecule has 102 valence electrons. The maximum Gasteiger partial charge on any atom is 0.251 e. The molecule has 0 radical (unpaired) electrons. The van der Waals surface area contributed by atoms with Gasteiger partial charge in [-0.05, 0) is 25.0 Å². The van der Waals surface area contributed by atoms with E-state index in [2.05, 4.69) is 19.2 Å². The summed E-state index contributed by atoms with van der Waals surface area (Å²) in [5.41, 5.74) is 0.659. The van der Waals surface area contributed by atoms with Crippen molar-refractivity contribution in [1.29, 1.82) is 0 Å². The number of hydrogen-bond acceptors (Lipinski definition) is 3. The molecule has 1 unspecified atom stereocenters. The molecule has 2 amide bonds. The molecule has 1 aromatic carbocycles. The van der Waals surface area contributed by atoms with Crippen LogP contribution in [-0.2, 0) is 9.59 Å². The average molecular weight is 260 g/mol. The second kappa shape index (κ2) is 5.97. The highest BCUT2D eigenvalue weighted by Gasteiger charge is 2.39. The van der Waals surface area contributed by atoms with Gasteiger partial charge in [0.15, 0.2) is 0 Å². The number of carbonyl (C=O) groups excluding carboxylic acids is 2. The molecule has 1 fully saturated rings. The van der Waals surface area contributed by atoms with Gasteiger partial charge in [0.2, 0.25) is 5.91 Å². The molecule has 0 saturated carbocycles. The van der Waals surface area contributed by atoms with E-state index in [1.807, 2.05) is 18.2 Å². The molecular weight excluding hydrogens is 240 g/mol. The summed E-state index contributed by atoms with van der Waals surface area (Å²) >= 11 is 0. The van der Waals surface area contributed by atoms with E-state index >= 15 is 0 Å². The van der Waals surface area contributed by atoms with E-state index in [0.717, 1.165) is 12.8 Å². The van der Waals surface area contributed by atoms with Crippen molar-refractivity contribution >= 4 is 17.5 Å². The van der Waals surface area contributed by atoms with E-state index in [1.54, 1.807) is 12.1 Å². The van der Waals surface area contributed by atoms with Crippen LogP contribution in [0.25, 0.3) is 0 Å². The van der Waals surface area contributed by atoms with Crippen LogP contribution < -0.4 is 10.2 Å². The molecule has 0 aliphatic carbocycles. The minimum absolute atomic E-state index is 0.125. The smallest absolute Gasteiger partial charge is 0.251 e. The van der Waals surface area contributed by atoms with E-state index < -0.39 is 0 Å². The standard InChI is InChI=1S/C15H20N2O2/c1-3-11(4-2)16-13-10-14(18)17(15(13)19)12-8-6-5-7-9-12/h5-9,11,13,16H,3-4,10H2,1-2H3. The van der Waals surface area contributed by atoms with Gasteiger partial charge in [-0.1, -0.05) is 32.0 Å². The minimum atomic E-state index is -0.377. The van der Waals surface area contributed by atoms with E-state index in [-0.39, 0.29) is 30.3 Å². The predicted molar refractivity (Wildman–Crippen MR) is 74.8 cm³/mol. The summed E-state index contributed by atoms with van der Waals surface area (Å²) in [5, 5.41) is 3.28. The zero-order valence-corrected chi connectivity index (χ0v) is 11.4. The molecule has 4 heteroatoms. The fourth-order valence-electron chi connectivity index (χ4n) is 2.42. The van der Waals surface area contributed by atoms with Crippen molar-refractivity contribution in [3.05, 3.63) is 30.3 Å². The molecule has 1 aromatic rings. The van der Waals surface area contributed by atoms with Gasteiger partial charge in [0, 0.05) is 6.04 Å². The molecule has 0 bridgehead atoms. The van der Waals surface area contributed by atoms with Gasteiger partial charge in [-0.25, -0.2) is 4.90 Å². The Balaban J connectivity index is 2.13. The molecule has 2 rings (SSSR count). The fourth-order valence-corrected chi connectivity index (χ4v) is 2.42. The van der Waals surface area contributed by atoms with Gasteiger partial charge < -0.3 is 5.32 Å². The normalized spacial score (nSPS) is 19.5. The second-order valence-corrected chi connectivity index (χ2v) is 4.84. The number of amides is 2. The van der Waals surface area contributed by atoms with Gasteiger partial charge in [0.25, 0.3) is 5.91 Å². The SMILES string of the molecule is CCC(CC)NC1CC(=O)N(c2ccccc2)C1=O. The van der Waals surface area contributed by atoms with Crippen molar-refractivity contribution in [2.45, 2.75) is 45.2 Å². The van der Waals surface area contributed by atoms with Crippen LogP contribution in [0.15, 0.2) is 30.3 Å². The Morgan fingerprint density at radius 3 is 2.42 bits per heavy atom. The van der Waals surface area contributed by atoms with E-state index in [9.17, 15) is 9.59 Å². The van der Waals surface area contributed by atoms with Gasteiger partial charge in [-0.15, -0.1) is 0 Å². The maximum atomic E-state index is 12.3. The van der Waals surface area contributed by atoms with Crippen molar-refractivity contribution in [2.24, 2.45) is 0 Å². The molecule has 1 saturated heterocycles. The van der Waals surface area contributed by atoms with Crippen LogP contribution in [0.2, 0.25) is 0 Å². The largest absolute Gasteiger partial charge is 0.303 e. The average Bonchev–Trinajstić information content (AvgIpc) is 2.71. The summed E-state index contributed by atoms with van der Waals surface area (Å²) in [5.74, 6) is -0.261. The van der Waals surface area contributed by atoms with Crippen molar-refractivity contribution in [1.82, 2.24) is 5.32 Å². The Kier molecular flexibility index (Phi) is 4.32. The number of imide groups is 1. The molecular formula is C15H20N2O2. The van der Waals surface area contributed by atoms with Gasteiger partial charge in [-0.2, -0.15) is 0 Å². The summed E-state index contributed by atoms with van der Waals surface area (Å²) in [4.78, 5) is 25.6. The van der Waals surface area contributed by atoms with Crippen molar-refractivity contribution in [3.8, 4) is 0 Å². The number of anilines is 1. The quantitative estimate of drug-likeness (QED) is 0.825. The third-order valence-electron chi connectivity index (χ3n) is 3.58. The number of hydrogen-bond donors (Lipinski definition) is 1. The molecule has 1 N–H and O–H groups in total. The van der Waals surface area contributed by atoms with Crippen LogP contribution in [-0.4, -0.2) is 23.9 Å². The fraction of sp³-hybridized carbons (Fsp3) is 0.467. The molecule has 19 heavy (non-hydrogen) atoms. The van der Waals surface area contributed by atoms with Crippen LogP contribution in [0, 0.1) is 0 Å². The predicted octanol–water partition coefficient (Wildman–Crippen LogP) is 2.10. The number of nitrogens with one attached hydrogen (secondary N) is 1. The van der Waals surface area contributed by atoms with Crippen LogP contribution in [0.1, 0.15) is 33.1 Å². The molecule has 1 heterocycles. The molecule has 0 aromatic heterocycles.